The van der Waals surface area contributed by atoms with Crippen LogP contribution in [0.2, 0.25) is 0 Å². The van der Waals surface area contributed by atoms with E-state index in [1.165, 1.54) is 12.8 Å². The van der Waals surface area contributed by atoms with Gasteiger partial charge in [0.05, 0.1) is 13.0 Å². The number of hydrogen-bond acceptors (Lipinski definition) is 3. The Bertz CT molecular complexity index is 513. The Morgan fingerprint density at radius 3 is 2.81 bits per heavy atom. The molecular formula is C17H24N2O2. The molecule has 114 valence electrons. The van der Waals surface area contributed by atoms with Gasteiger partial charge in [0.2, 0.25) is 5.91 Å². The van der Waals surface area contributed by atoms with Crippen LogP contribution in [0.15, 0.2) is 24.3 Å². The minimum absolute atomic E-state index is 0.156. The molecule has 0 unspecified atom stereocenters. The number of ether oxygens (including phenoxy) is 1. The highest BCUT2D eigenvalue weighted by Gasteiger charge is 2.42. The number of carbonyl (C=O) groups excluding carboxylic acids is 1. The molecule has 21 heavy (non-hydrogen) atoms. The molecule has 1 aromatic rings. The van der Waals surface area contributed by atoms with Gasteiger partial charge in [0.1, 0.15) is 5.75 Å². The number of hydrogen-bond donors (Lipinski definition) is 1. The van der Waals surface area contributed by atoms with Crippen molar-refractivity contribution in [1.82, 2.24) is 4.90 Å². The predicted molar refractivity (Wildman–Crippen MR) is 82.1 cm³/mol. The molecule has 1 amide bonds. The van der Waals surface area contributed by atoms with E-state index in [9.17, 15) is 4.79 Å². The van der Waals surface area contributed by atoms with Gasteiger partial charge in [-0.15, -0.1) is 0 Å². The molecule has 3 rings (SSSR count). The number of amides is 1. The molecule has 1 aliphatic carbocycles. The minimum Gasteiger partial charge on any atom is -0.494 e. The van der Waals surface area contributed by atoms with Crippen molar-refractivity contribution in [2.24, 2.45) is 17.6 Å². The number of rotatable bonds is 5. The Morgan fingerprint density at radius 2 is 2.10 bits per heavy atom. The molecule has 0 bridgehead atoms. The van der Waals surface area contributed by atoms with Gasteiger partial charge < -0.3 is 15.4 Å². The molecule has 1 saturated carbocycles. The van der Waals surface area contributed by atoms with E-state index < -0.39 is 0 Å². The van der Waals surface area contributed by atoms with Crippen molar-refractivity contribution in [3.8, 4) is 5.75 Å². The molecule has 2 atom stereocenters. The maximum atomic E-state index is 12.5. The molecule has 1 aliphatic heterocycles. The fourth-order valence-corrected chi connectivity index (χ4v) is 3.30. The smallest absolute Gasteiger partial charge is 0.227 e. The predicted octanol–water partition coefficient (Wildman–Crippen LogP) is 1.82. The fourth-order valence-electron chi connectivity index (χ4n) is 3.30. The number of carbonyl (C=O) groups is 1. The summed E-state index contributed by atoms with van der Waals surface area (Å²) in [6, 6.07) is 7.94. The summed E-state index contributed by atoms with van der Waals surface area (Å²) in [4.78, 5) is 14.5. The summed E-state index contributed by atoms with van der Waals surface area (Å²) in [5.74, 6) is 2.25. The average molecular weight is 288 g/mol. The summed E-state index contributed by atoms with van der Waals surface area (Å²) in [5, 5.41) is 0. The van der Waals surface area contributed by atoms with Gasteiger partial charge in [-0.1, -0.05) is 18.2 Å². The third-order valence-corrected chi connectivity index (χ3v) is 4.61. The lowest BCUT2D eigenvalue weighted by atomic mass is 9.99. The fraction of sp³-hybridized carbons (Fsp3) is 0.588. The van der Waals surface area contributed by atoms with E-state index in [2.05, 4.69) is 0 Å². The maximum Gasteiger partial charge on any atom is 0.227 e. The standard InChI is InChI=1S/C17H24N2O2/c1-2-21-16-6-4-3-5-13(16)9-17(20)19-10-14(12-7-8-12)15(18)11-19/h3-6,12,14-15H,2,7-11,18H2,1H3/t14-,15+/m0/s1. The van der Waals surface area contributed by atoms with Gasteiger partial charge in [-0.2, -0.15) is 0 Å². The molecular weight excluding hydrogens is 264 g/mol. The molecule has 1 aromatic carbocycles. The van der Waals surface area contributed by atoms with Crippen LogP contribution >= 0.6 is 0 Å². The van der Waals surface area contributed by atoms with Crippen LogP contribution in [-0.2, 0) is 11.2 Å². The van der Waals surface area contributed by atoms with Gasteiger partial charge >= 0.3 is 0 Å². The summed E-state index contributed by atoms with van der Waals surface area (Å²) < 4.78 is 5.60. The summed E-state index contributed by atoms with van der Waals surface area (Å²) in [5.41, 5.74) is 7.17. The van der Waals surface area contributed by atoms with Crippen LogP contribution in [0.25, 0.3) is 0 Å². The van der Waals surface area contributed by atoms with Gasteiger partial charge in [-0.05, 0) is 37.7 Å². The van der Waals surface area contributed by atoms with Crippen molar-refractivity contribution in [2.45, 2.75) is 32.2 Å². The zero-order valence-electron chi connectivity index (χ0n) is 12.6. The second-order valence-electron chi connectivity index (χ2n) is 6.18. The van der Waals surface area contributed by atoms with Crippen molar-refractivity contribution in [1.29, 1.82) is 0 Å². The summed E-state index contributed by atoms with van der Waals surface area (Å²) in [6.07, 6.45) is 2.97. The summed E-state index contributed by atoms with van der Waals surface area (Å²) in [6.45, 7) is 4.11. The monoisotopic (exact) mass is 288 g/mol. The van der Waals surface area contributed by atoms with Crippen LogP contribution < -0.4 is 10.5 Å². The van der Waals surface area contributed by atoms with E-state index in [0.29, 0.717) is 25.5 Å². The maximum absolute atomic E-state index is 12.5. The Morgan fingerprint density at radius 1 is 1.33 bits per heavy atom. The SMILES string of the molecule is CCOc1ccccc1CC(=O)N1C[C@@H](N)[C@H](C2CC2)C1. The number of benzene rings is 1. The first-order valence-corrected chi connectivity index (χ1v) is 7.93. The van der Waals surface area contributed by atoms with E-state index in [1.807, 2.05) is 36.1 Å². The van der Waals surface area contributed by atoms with E-state index in [1.54, 1.807) is 0 Å². The van der Waals surface area contributed by atoms with Gasteiger partial charge in [-0.3, -0.25) is 4.79 Å². The first kappa shape index (κ1) is 14.4. The second-order valence-corrected chi connectivity index (χ2v) is 6.18. The zero-order chi connectivity index (χ0) is 14.8. The van der Waals surface area contributed by atoms with Gasteiger partial charge in [0, 0.05) is 24.7 Å². The van der Waals surface area contributed by atoms with Crippen LogP contribution in [-0.4, -0.2) is 36.5 Å². The molecule has 4 heteroatoms. The van der Waals surface area contributed by atoms with Crippen molar-refractivity contribution in [3.05, 3.63) is 29.8 Å². The zero-order valence-corrected chi connectivity index (χ0v) is 12.6. The van der Waals surface area contributed by atoms with Gasteiger partial charge in [0.25, 0.3) is 0 Å². The lowest BCUT2D eigenvalue weighted by molar-refractivity contribution is -0.129. The first-order chi connectivity index (χ1) is 10.2. The number of likely N-dealkylation sites (tertiary alicyclic amines) is 1. The third-order valence-electron chi connectivity index (χ3n) is 4.61. The largest absolute Gasteiger partial charge is 0.494 e. The highest BCUT2D eigenvalue weighted by molar-refractivity contribution is 5.80. The molecule has 2 aliphatic rings. The molecule has 0 aromatic heterocycles. The Balaban J connectivity index is 1.64. The average Bonchev–Trinajstić information content (AvgIpc) is 3.24. The number of nitrogens with zero attached hydrogens (tertiary/aromatic N) is 1. The minimum atomic E-state index is 0.156. The molecule has 0 radical (unpaired) electrons. The molecule has 2 fully saturated rings. The Kier molecular flexibility index (Phi) is 4.15. The molecule has 0 spiro atoms. The van der Waals surface area contributed by atoms with Crippen LogP contribution in [0.3, 0.4) is 0 Å². The Hall–Kier alpha value is -1.55. The van der Waals surface area contributed by atoms with E-state index in [0.717, 1.165) is 23.8 Å². The van der Waals surface area contributed by atoms with Gasteiger partial charge in [0.15, 0.2) is 0 Å². The number of para-hydroxylation sites is 1. The van der Waals surface area contributed by atoms with Crippen molar-refractivity contribution in [3.63, 3.8) is 0 Å². The Labute approximate surface area is 126 Å². The van der Waals surface area contributed by atoms with Crippen LogP contribution in [0.1, 0.15) is 25.3 Å². The second kappa shape index (κ2) is 6.06. The molecule has 1 saturated heterocycles. The topological polar surface area (TPSA) is 55.6 Å². The first-order valence-electron chi connectivity index (χ1n) is 7.93. The molecule has 4 nitrogen and oxygen atoms in total. The van der Waals surface area contributed by atoms with E-state index >= 15 is 0 Å². The lowest BCUT2D eigenvalue weighted by Gasteiger charge is -2.17. The normalized spacial score (nSPS) is 25.1. The van der Waals surface area contributed by atoms with E-state index in [4.69, 9.17) is 10.5 Å². The van der Waals surface area contributed by atoms with Crippen LogP contribution in [0, 0.1) is 11.8 Å². The number of nitrogens with two attached hydrogens (primary N) is 1. The highest BCUT2D eigenvalue weighted by Crippen LogP contribution is 2.41. The molecule has 2 N–H and O–H groups in total. The summed E-state index contributed by atoms with van der Waals surface area (Å²) >= 11 is 0. The lowest BCUT2D eigenvalue weighted by Crippen LogP contribution is -2.33. The van der Waals surface area contributed by atoms with Crippen molar-refractivity contribution >= 4 is 5.91 Å². The van der Waals surface area contributed by atoms with E-state index in [-0.39, 0.29) is 11.9 Å². The van der Waals surface area contributed by atoms with Gasteiger partial charge in [-0.25, -0.2) is 0 Å². The molecule has 1 heterocycles. The van der Waals surface area contributed by atoms with Crippen LogP contribution in [0.5, 0.6) is 5.75 Å². The quantitative estimate of drug-likeness (QED) is 0.899. The van der Waals surface area contributed by atoms with Crippen molar-refractivity contribution in [2.75, 3.05) is 19.7 Å². The third kappa shape index (κ3) is 3.21. The van der Waals surface area contributed by atoms with Crippen LogP contribution in [0.4, 0.5) is 0 Å². The summed E-state index contributed by atoms with van der Waals surface area (Å²) in [7, 11) is 0. The highest BCUT2D eigenvalue weighted by atomic mass is 16.5. The van der Waals surface area contributed by atoms with Crippen molar-refractivity contribution < 1.29 is 9.53 Å².